The summed E-state index contributed by atoms with van der Waals surface area (Å²) >= 11 is 0. The normalized spacial score (nSPS) is 13.7. The molecule has 0 saturated heterocycles. The van der Waals surface area contributed by atoms with Crippen LogP contribution in [0.15, 0.2) is 30.3 Å². The van der Waals surface area contributed by atoms with E-state index in [1.807, 2.05) is 30.3 Å². The van der Waals surface area contributed by atoms with E-state index in [4.69, 9.17) is 5.11 Å². The zero-order valence-electron chi connectivity index (χ0n) is 7.84. The standard InChI is InChI=1S/C10H14O3P/c11-7-6-10(12)14(13)8-9-4-2-1-3-5-9/h1-5,10-12H,6-8H2/q+1. The van der Waals surface area contributed by atoms with E-state index >= 15 is 0 Å². The van der Waals surface area contributed by atoms with Crippen molar-refractivity contribution in [2.24, 2.45) is 0 Å². The number of aliphatic hydroxyl groups is 2. The topological polar surface area (TPSA) is 57.5 Å². The third-order valence-electron chi connectivity index (χ3n) is 1.90. The second-order valence-corrected chi connectivity index (χ2v) is 4.80. The van der Waals surface area contributed by atoms with Gasteiger partial charge in [0, 0.05) is 13.0 Å². The molecule has 76 valence electrons. The SMILES string of the molecule is O=[P+](Cc1ccccc1)C(O)CCO. The van der Waals surface area contributed by atoms with E-state index < -0.39 is 13.6 Å². The van der Waals surface area contributed by atoms with E-state index in [1.54, 1.807) is 0 Å². The van der Waals surface area contributed by atoms with Crippen molar-refractivity contribution in [3.05, 3.63) is 35.9 Å². The van der Waals surface area contributed by atoms with Gasteiger partial charge < -0.3 is 10.2 Å². The lowest BCUT2D eigenvalue weighted by molar-refractivity contribution is 0.191. The van der Waals surface area contributed by atoms with E-state index in [-0.39, 0.29) is 13.0 Å². The molecular weight excluding hydrogens is 199 g/mol. The minimum Gasteiger partial charge on any atom is -0.396 e. The van der Waals surface area contributed by atoms with Crippen LogP contribution in [-0.2, 0) is 10.7 Å². The first-order chi connectivity index (χ1) is 6.74. The minimum absolute atomic E-state index is 0.128. The Kier molecular flexibility index (Phi) is 4.74. The molecule has 2 N–H and O–H groups in total. The highest BCUT2D eigenvalue weighted by Crippen LogP contribution is 2.32. The van der Waals surface area contributed by atoms with Crippen LogP contribution in [0.1, 0.15) is 12.0 Å². The Morgan fingerprint density at radius 3 is 2.50 bits per heavy atom. The van der Waals surface area contributed by atoms with Gasteiger partial charge in [-0.25, -0.2) is 0 Å². The van der Waals surface area contributed by atoms with Crippen molar-refractivity contribution in [1.82, 2.24) is 0 Å². The highest BCUT2D eigenvalue weighted by Gasteiger charge is 2.26. The molecule has 0 aliphatic carbocycles. The molecule has 0 radical (unpaired) electrons. The van der Waals surface area contributed by atoms with Gasteiger partial charge in [0.05, 0.1) is 0 Å². The molecule has 3 nitrogen and oxygen atoms in total. The smallest absolute Gasteiger partial charge is 0.374 e. The maximum Gasteiger partial charge on any atom is 0.374 e. The lowest BCUT2D eigenvalue weighted by Gasteiger charge is -1.97. The van der Waals surface area contributed by atoms with E-state index in [0.29, 0.717) is 6.16 Å². The van der Waals surface area contributed by atoms with Crippen LogP contribution < -0.4 is 0 Å². The van der Waals surface area contributed by atoms with E-state index in [9.17, 15) is 9.67 Å². The fourth-order valence-electron chi connectivity index (χ4n) is 1.13. The summed E-state index contributed by atoms with van der Waals surface area (Å²) in [6.07, 6.45) is 0.555. The van der Waals surface area contributed by atoms with E-state index in [2.05, 4.69) is 0 Å². The quantitative estimate of drug-likeness (QED) is 0.732. The molecule has 14 heavy (non-hydrogen) atoms. The van der Waals surface area contributed by atoms with Crippen LogP contribution >= 0.6 is 7.80 Å². The lowest BCUT2D eigenvalue weighted by atomic mass is 10.2. The van der Waals surface area contributed by atoms with E-state index in [0.717, 1.165) is 5.56 Å². The Bertz CT molecular complexity index is 287. The lowest BCUT2D eigenvalue weighted by Crippen LogP contribution is -2.04. The van der Waals surface area contributed by atoms with Gasteiger partial charge in [-0.15, -0.1) is 0 Å². The van der Waals surface area contributed by atoms with Crippen LogP contribution in [0.5, 0.6) is 0 Å². The van der Waals surface area contributed by atoms with Gasteiger partial charge >= 0.3 is 7.80 Å². The first-order valence-electron chi connectivity index (χ1n) is 4.50. The van der Waals surface area contributed by atoms with Crippen molar-refractivity contribution >= 4 is 7.80 Å². The molecular formula is C10H14O3P+. The third kappa shape index (κ3) is 3.54. The molecule has 2 atom stereocenters. The van der Waals surface area contributed by atoms with Crippen molar-refractivity contribution < 1.29 is 14.8 Å². The van der Waals surface area contributed by atoms with Gasteiger partial charge in [-0.05, 0) is 5.56 Å². The Morgan fingerprint density at radius 1 is 1.29 bits per heavy atom. The first-order valence-corrected chi connectivity index (χ1v) is 6.02. The molecule has 0 aliphatic rings. The summed E-state index contributed by atoms with van der Waals surface area (Å²) in [5.74, 6) is -0.893. The molecule has 4 heteroatoms. The molecule has 2 unspecified atom stereocenters. The summed E-state index contributed by atoms with van der Waals surface area (Å²) in [6.45, 7) is -0.128. The van der Waals surface area contributed by atoms with Crippen molar-refractivity contribution in [1.29, 1.82) is 0 Å². The van der Waals surface area contributed by atoms with Gasteiger partial charge in [0.25, 0.3) is 5.85 Å². The van der Waals surface area contributed by atoms with Crippen molar-refractivity contribution in [3.63, 3.8) is 0 Å². The average Bonchev–Trinajstić information content (AvgIpc) is 2.19. The van der Waals surface area contributed by atoms with Crippen LogP contribution in [-0.4, -0.2) is 22.7 Å². The predicted octanol–water partition coefficient (Wildman–Crippen LogP) is 1.71. The van der Waals surface area contributed by atoms with Gasteiger partial charge in [0.15, 0.2) is 6.16 Å². The van der Waals surface area contributed by atoms with Crippen LogP contribution in [0.3, 0.4) is 0 Å². The molecule has 0 bridgehead atoms. The molecule has 0 aromatic heterocycles. The number of hydrogen-bond acceptors (Lipinski definition) is 3. The summed E-state index contributed by atoms with van der Waals surface area (Å²) in [4.78, 5) is 0. The largest absolute Gasteiger partial charge is 0.396 e. The number of rotatable bonds is 5. The minimum atomic E-state index is -1.68. The zero-order valence-corrected chi connectivity index (χ0v) is 8.73. The molecule has 0 spiro atoms. The fourth-order valence-corrected chi connectivity index (χ4v) is 2.31. The first kappa shape index (κ1) is 11.3. The van der Waals surface area contributed by atoms with Crippen LogP contribution in [0, 0.1) is 0 Å². The Hall–Kier alpha value is -0.760. The summed E-state index contributed by atoms with van der Waals surface area (Å²) < 4.78 is 11.5. The molecule has 0 fully saturated rings. The van der Waals surface area contributed by atoms with Gasteiger partial charge in [-0.1, -0.05) is 34.9 Å². The number of benzene rings is 1. The second kappa shape index (κ2) is 5.86. The van der Waals surface area contributed by atoms with Crippen LogP contribution in [0.25, 0.3) is 0 Å². The predicted molar refractivity (Wildman–Crippen MR) is 55.5 cm³/mol. The van der Waals surface area contributed by atoms with Crippen molar-refractivity contribution in [2.75, 3.05) is 6.61 Å². The highest BCUT2D eigenvalue weighted by molar-refractivity contribution is 7.44. The second-order valence-electron chi connectivity index (χ2n) is 3.05. The molecule has 1 aromatic rings. The summed E-state index contributed by atoms with van der Waals surface area (Å²) in [6, 6.07) is 9.38. The van der Waals surface area contributed by atoms with E-state index in [1.165, 1.54) is 0 Å². The Labute approximate surface area is 84.2 Å². The van der Waals surface area contributed by atoms with Crippen molar-refractivity contribution in [2.45, 2.75) is 18.4 Å². The summed E-state index contributed by atoms with van der Waals surface area (Å²) in [5.41, 5.74) is 0.950. The Balaban J connectivity index is 2.49. The maximum atomic E-state index is 11.5. The van der Waals surface area contributed by atoms with Crippen molar-refractivity contribution in [3.8, 4) is 0 Å². The number of aliphatic hydroxyl groups excluding tert-OH is 2. The molecule has 0 saturated carbocycles. The summed E-state index contributed by atoms with van der Waals surface area (Å²) in [5, 5.41) is 17.9. The Morgan fingerprint density at radius 2 is 1.93 bits per heavy atom. The monoisotopic (exact) mass is 213 g/mol. The molecule has 1 rings (SSSR count). The van der Waals surface area contributed by atoms with Crippen LogP contribution in [0.4, 0.5) is 0 Å². The van der Waals surface area contributed by atoms with Crippen LogP contribution in [0.2, 0.25) is 0 Å². The number of hydrogen-bond donors (Lipinski definition) is 2. The summed E-state index contributed by atoms with van der Waals surface area (Å²) in [7, 11) is -1.68. The average molecular weight is 213 g/mol. The zero-order chi connectivity index (χ0) is 10.4. The van der Waals surface area contributed by atoms with Gasteiger partial charge in [-0.3, -0.25) is 0 Å². The molecule has 0 amide bonds. The fraction of sp³-hybridized carbons (Fsp3) is 0.400. The highest BCUT2D eigenvalue weighted by atomic mass is 31.1. The molecule has 0 aliphatic heterocycles. The van der Waals surface area contributed by atoms with Gasteiger partial charge in [0.2, 0.25) is 0 Å². The van der Waals surface area contributed by atoms with Gasteiger partial charge in [0.1, 0.15) is 0 Å². The third-order valence-corrected chi connectivity index (χ3v) is 3.50. The van der Waals surface area contributed by atoms with Gasteiger partial charge in [-0.2, -0.15) is 0 Å². The maximum absolute atomic E-state index is 11.5. The molecule has 1 aromatic carbocycles. The molecule has 0 heterocycles.